The van der Waals surface area contributed by atoms with Crippen molar-refractivity contribution in [2.75, 3.05) is 13.2 Å². The van der Waals surface area contributed by atoms with Gasteiger partial charge in [0.1, 0.15) is 12.4 Å². The summed E-state index contributed by atoms with van der Waals surface area (Å²) < 4.78 is 32.9. The van der Waals surface area contributed by atoms with Gasteiger partial charge in [-0.3, -0.25) is 0 Å². The van der Waals surface area contributed by atoms with Gasteiger partial charge < -0.3 is 4.74 Å². The van der Waals surface area contributed by atoms with Gasteiger partial charge in [-0.15, -0.1) is 0 Å². The van der Waals surface area contributed by atoms with Crippen LogP contribution in [0.3, 0.4) is 0 Å². The third kappa shape index (κ3) is 4.82. The van der Waals surface area contributed by atoms with Gasteiger partial charge in [0.25, 0.3) is 0 Å². The Balaban J connectivity index is 1.93. The maximum atomic E-state index is 12.4. The third-order valence-corrected chi connectivity index (χ3v) is 5.43. The molecule has 5 heteroatoms. The Hall–Kier alpha value is -1.85. The fourth-order valence-electron chi connectivity index (χ4n) is 2.49. The van der Waals surface area contributed by atoms with Crippen LogP contribution in [0.15, 0.2) is 47.4 Å². The van der Waals surface area contributed by atoms with Gasteiger partial charge in [0, 0.05) is 6.54 Å². The van der Waals surface area contributed by atoms with Crippen LogP contribution in [0.5, 0.6) is 5.75 Å². The first kappa shape index (κ1) is 18.5. The van der Waals surface area contributed by atoms with Gasteiger partial charge in [-0.2, -0.15) is 0 Å². The summed E-state index contributed by atoms with van der Waals surface area (Å²) in [6, 6.07) is 13.2. The third-order valence-electron chi connectivity index (χ3n) is 3.81. The summed E-state index contributed by atoms with van der Waals surface area (Å²) >= 11 is 0. The highest BCUT2D eigenvalue weighted by Gasteiger charge is 2.16. The molecule has 0 fully saturated rings. The lowest BCUT2D eigenvalue weighted by Crippen LogP contribution is -2.28. The lowest BCUT2D eigenvalue weighted by atomic mass is 10.0. The monoisotopic (exact) mass is 347 g/mol. The minimum absolute atomic E-state index is 0.224. The summed E-state index contributed by atoms with van der Waals surface area (Å²) in [5, 5.41) is 0. The number of aryl methyl sites for hydroxylation is 2. The summed E-state index contributed by atoms with van der Waals surface area (Å²) in [6.45, 7) is 8.49. The Bertz CT molecular complexity index is 798. The summed E-state index contributed by atoms with van der Waals surface area (Å²) in [5.74, 6) is 1.18. The van der Waals surface area contributed by atoms with Gasteiger partial charge in [0.2, 0.25) is 10.0 Å². The molecule has 0 unspecified atom stereocenters. The standard InChI is InChI=1S/C19H25NO3S/c1-14(2)17-6-5-7-18(13-17)23-11-10-20-24(21,22)19-9-8-15(3)12-16(19)4/h5-9,12-14,20H,10-11H2,1-4H3. The largest absolute Gasteiger partial charge is 0.492 e. The molecule has 0 aliphatic heterocycles. The van der Waals surface area contributed by atoms with Gasteiger partial charge in [-0.1, -0.05) is 43.7 Å². The molecule has 0 aliphatic rings. The molecule has 1 N–H and O–H groups in total. The first-order chi connectivity index (χ1) is 11.3. The van der Waals surface area contributed by atoms with Crippen LogP contribution < -0.4 is 9.46 Å². The molecule has 2 rings (SSSR count). The van der Waals surface area contributed by atoms with Crippen molar-refractivity contribution in [2.45, 2.75) is 38.5 Å². The topological polar surface area (TPSA) is 55.4 Å². The second-order valence-corrected chi connectivity index (χ2v) is 7.98. The van der Waals surface area contributed by atoms with E-state index in [9.17, 15) is 8.42 Å². The lowest BCUT2D eigenvalue weighted by molar-refractivity contribution is 0.322. The van der Waals surface area contributed by atoms with E-state index in [-0.39, 0.29) is 13.2 Å². The molecule has 0 aromatic heterocycles. The minimum Gasteiger partial charge on any atom is -0.492 e. The second kappa shape index (κ2) is 7.81. The Morgan fingerprint density at radius 3 is 2.50 bits per heavy atom. The summed E-state index contributed by atoms with van der Waals surface area (Å²) in [5.41, 5.74) is 2.98. The van der Waals surface area contributed by atoms with Crippen molar-refractivity contribution in [2.24, 2.45) is 0 Å². The van der Waals surface area contributed by atoms with Crippen molar-refractivity contribution in [3.8, 4) is 5.75 Å². The van der Waals surface area contributed by atoms with E-state index in [4.69, 9.17) is 4.74 Å². The molecular weight excluding hydrogens is 322 g/mol. The zero-order valence-electron chi connectivity index (χ0n) is 14.7. The lowest BCUT2D eigenvalue weighted by Gasteiger charge is -2.12. The Morgan fingerprint density at radius 1 is 1.08 bits per heavy atom. The second-order valence-electron chi connectivity index (χ2n) is 6.24. The van der Waals surface area contributed by atoms with Gasteiger partial charge in [0.05, 0.1) is 4.90 Å². The molecule has 130 valence electrons. The normalized spacial score (nSPS) is 11.7. The van der Waals surface area contributed by atoms with E-state index in [0.717, 1.165) is 16.9 Å². The van der Waals surface area contributed by atoms with Crippen molar-refractivity contribution in [1.29, 1.82) is 0 Å². The zero-order valence-corrected chi connectivity index (χ0v) is 15.5. The Morgan fingerprint density at radius 2 is 1.83 bits per heavy atom. The van der Waals surface area contributed by atoms with Crippen LogP contribution >= 0.6 is 0 Å². The minimum atomic E-state index is -3.51. The van der Waals surface area contributed by atoms with Crippen LogP contribution in [-0.2, 0) is 10.0 Å². The van der Waals surface area contributed by atoms with Gasteiger partial charge in [0.15, 0.2) is 0 Å². The number of benzene rings is 2. The zero-order chi connectivity index (χ0) is 17.7. The quantitative estimate of drug-likeness (QED) is 0.776. The maximum absolute atomic E-state index is 12.4. The van der Waals surface area contributed by atoms with E-state index in [1.54, 1.807) is 19.1 Å². The number of hydrogen-bond donors (Lipinski definition) is 1. The van der Waals surface area contributed by atoms with E-state index in [1.165, 1.54) is 5.56 Å². The molecular formula is C19H25NO3S. The average molecular weight is 347 g/mol. The highest BCUT2D eigenvalue weighted by atomic mass is 32.2. The summed E-state index contributed by atoms with van der Waals surface area (Å²) in [6.07, 6.45) is 0. The number of ether oxygens (including phenoxy) is 1. The molecule has 0 saturated heterocycles. The van der Waals surface area contributed by atoms with Crippen LogP contribution in [-0.4, -0.2) is 21.6 Å². The number of sulfonamides is 1. The molecule has 24 heavy (non-hydrogen) atoms. The van der Waals surface area contributed by atoms with Gasteiger partial charge >= 0.3 is 0 Å². The summed E-state index contributed by atoms with van der Waals surface area (Å²) in [4.78, 5) is 0.315. The highest BCUT2D eigenvalue weighted by molar-refractivity contribution is 7.89. The first-order valence-electron chi connectivity index (χ1n) is 8.09. The Kier molecular flexibility index (Phi) is 6.02. The first-order valence-corrected chi connectivity index (χ1v) is 9.57. The van der Waals surface area contributed by atoms with E-state index in [0.29, 0.717) is 10.8 Å². The van der Waals surface area contributed by atoms with Crippen molar-refractivity contribution >= 4 is 10.0 Å². The van der Waals surface area contributed by atoms with E-state index < -0.39 is 10.0 Å². The van der Waals surface area contributed by atoms with Crippen molar-refractivity contribution in [1.82, 2.24) is 4.72 Å². The fraction of sp³-hybridized carbons (Fsp3) is 0.368. The van der Waals surface area contributed by atoms with E-state index >= 15 is 0 Å². The molecule has 0 atom stereocenters. The van der Waals surface area contributed by atoms with Crippen LogP contribution in [0.25, 0.3) is 0 Å². The van der Waals surface area contributed by atoms with Gasteiger partial charge in [-0.25, -0.2) is 13.1 Å². The molecule has 0 spiro atoms. The SMILES string of the molecule is Cc1ccc(S(=O)(=O)NCCOc2cccc(C(C)C)c2)c(C)c1. The van der Waals surface area contributed by atoms with E-state index in [2.05, 4.69) is 24.6 Å². The van der Waals surface area contributed by atoms with Crippen LogP contribution in [0, 0.1) is 13.8 Å². The van der Waals surface area contributed by atoms with Crippen LogP contribution in [0.1, 0.15) is 36.5 Å². The molecule has 0 saturated carbocycles. The fourth-order valence-corrected chi connectivity index (χ4v) is 3.72. The summed E-state index contributed by atoms with van der Waals surface area (Å²) in [7, 11) is -3.51. The smallest absolute Gasteiger partial charge is 0.240 e. The van der Waals surface area contributed by atoms with Gasteiger partial charge in [-0.05, 0) is 49.1 Å². The van der Waals surface area contributed by atoms with Crippen molar-refractivity contribution in [3.63, 3.8) is 0 Å². The van der Waals surface area contributed by atoms with Crippen LogP contribution in [0.4, 0.5) is 0 Å². The molecule has 0 bridgehead atoms. The number of rotatable bonds is 7. The molecule has 0 heterocycles. The highest BCUT2D eigenvalue weighted by Crippen LogP contribution is 2.20. The van der Waals surface area contributed by atoms with E-state index in [1.807, 2.05) is 31.2 Å². The molecule has 2 aromatic rings. The van der Waals surface area contributed by atoms with Crippen LogP contribution in [0.2, 0.25) is 0 Å². The van der Waals surface area contributed by atoms with Crippen molar-refractivity contribution < 1.29 is 13.2 Å². The molecule has 0 radical (unpaired) electrons. The average Bonchev–Trinajstić information content (AvgIpc) is 2.51. The Labute approximate surface area is 144 Å². The predicted octanol–water partition coefficient (Wildman–Crippen LogP) is 3.78. The number of nitrogens with one attached hydrogen (secondary N) is 1. The molecule has 0 aliphatic carbocycles. The predicted molar refractivity (Wildman–Crippen MR) is 97.1 cm³/mol. The van der Waals surface area contributed by atoms with Crippen molar-refractivity contribution in [3.05, 3.63) is 59.2 Å². The molecule has 2 aromatic carbocycles. The molecule has 4 nitrogen and oxygen atoms in total. The molecule has 0 amide bonds. The maximum Gasteiger partial charge on any atom is 0.240 e. The number of hydrogen-bond acceptors (Lipinski definition) is 3.